The Labute approximate surface area is 388 Å². The molecule has 6 unspecified atom stereocenters. The van der Waals surface area contributed by atoms with Gasteiger partial charge in [-0.3, -0.25) is 18.6 Å². The minimum absolute atomic E-state index is 0.0911. The van der Waals surface area contributed by atoms with Crippen molar-refractivity contribution in [2.75, 3.05) is 13.2 Å². The molecule has 0 aromatic heterocycles. The molecule has 0 spiro atoms. The smallest absolute Gasteiger partial charge is 0.462 e. The number of aliphatic hydroxyl groups excluding tert-OH is 5. The lowest BCUT2D eigenvalue weighted by Gasteiger charge is -2.41. The van der Waals surface area contributed by atoms with E-state index >= 15 is 0 Å². The highest BCUT2D eigenvalue weighted by Crippen LogP contribution is 2.47. The summed E-state index contributed by atoms with van der Waals surface area (Å²) in [7, 11) is -5.12. The summed E-state index contributed by atoms with van der Waals surface area (Å²) in [4.78, 5) is 35.8. The van der Waals surface area contributed by atoms with Crippen LogP contribution in [0.4, 0.5) is 0 Å². The summed E-state index contributed by atoms with van der Waals surface area (Å²) < 4.78 is 33.6. The summed E-state index contributed by atoms with van der Waals surface area (Å²) >= 11 is 0. The molecule has 1 fully saturated rings. The van der Waals surface area contributed by atoms with Crippen LogP contribution in [0.25, 0.3) is 0 Å². The molecule has 0 radical (unpaired) electrons. The largest absolute Gasteiger partial charge is 0.472 e. The molecule has 6 N–H and O–H groups in total. The molecule has 64 heavy (non-hydrogen) atoms. The van der Waals surface area contributed by atoms with E-state index in [0.717, 1.165) is 57.8 Å². The standard InChI is InChI=1S/C50H95O13P/c1-3-5-7-9-11-13-15-17-19-20-21-22-23-25-26-28-30-32-34-36-38-43(51)60-40-42(41-61-64(58,59)63-50-48(56)46(54)45(53)47(55)49(50)57)62-44(52)39-37-35-33-31-29-27-24-18-16-14-12-10-8-6-4-2/h18,24,42,45-50,53-57H,3-17,19-23,25-41H2,1-2H3,(H,58,59)/b24-18+/t42-,45?,46-,47?,48?,49?,50?/m0/s1. The number of hydrogen-bond donors (Lipinski definition) is 6. The Morgan fingerprint density at radius 1 is 0.469 bits per heavy atom. The quantitative estimate of drug-likeness (QED) is 0.0146. The number of esters is 2. The number of unbranched alkanes of at least 4 members (excludes halogenated alkanes) is 30. The van der Waals surface area contributed by atoms with Gasteiger partial charge in [-0.25, -0.2) is 4.57 Å². The predicted octanol–water partition coefficient (Wildman–Crippen LogP) is 11.0. The third-order valence-electron chi connectivity index (χ3n) is 12.4. The maximum atomic E-state index is 12.8. The zero-order valence-corrected chi connectivity index (χ0v) is 41.2. The number of carbonyl (C=O) groups is 2. The van der Waals surface area contributed by atoms with Gasteiger partial charge in [-0.15, -0.1) is 0 Å². The fourth-order valence-corrected chi connectivity index (χ4v) is 9.14. The molecule has 13 nitrogen and oxygen atoms in total. The van der Waals surface area contributed by atoms with E-state index in [4.69, 9.17) is 18.5 Å². The molecular weight excluding hydrogens is 840 g/mol. The van der Waals surface area contributed by atoms with E-state index in [9.17, 15) is 44.6 Å². The zero-order chi connectivity index (χ0) is 47.1. The second kappa shape index (κ2) is 40.6. The van der Waals surface area contributed by atoms with Gasteiger partial charge in [-0.2, -0.15) is 0 Å². The van der Waals surface area contributed by atoms with Gasteiger partial charge in [0, 0.05) is 12.8 Å². The minimum atomic E-state index is -5.12. The van der Waals surface area contributed by atoms with Crippen LogP contribution in [0.2, 0.25) is 0 Å². The van der Waals surface area contributed by atoms with Crippen molar-refractivity contribution in [1.29, 1.82) is 0 Å². The molecule has 14 heteroatoms. The molecule has 1 rings (SSSR count). The summed E-state index contributed by atoms with van der Waals surface area (Å²) in [6.45, 7) is 3.33. The molecule has 0 heterocycles. The van der Waals surface area contributed by atoms with Crippen molar-refractivity contribution in [3.05, 3.63) is 12.2 Å². The lowest BCUT2D eigenvalue weighted by atomic mass is 9.85. The number of aliphatic hydroxyl groups is 5. The number of carbonyl (C=O) groups excluding carboxylic acids is 2. The average molecular weight is 935 g/mol. The van der Waals surface area contributed by atoms with Gasteiger partial charge in [0.25, 0.3) is 0 Å². The third-order valence-corrected chi connectivity index (χ3v) is 13.3. The van der Waals surface area contributed by atoms with Crippen molar-refractivity contribution >= 4 is 19.8 Å². The second-order valence-corrected chi connectivity index (χ2v) is 19.8. The van der Waals surface area contributed by atoms with Crippen molar-refractivity contribution in [2.45, 2.75) is 281 Å². The predicted molar refractivity (Wildman–Crippen MR) is 254 cm³/mol. The number of allylic oxidation sites excluding steroid dienone is 2. The summed E-state index contributed by atoms with van der Waals surface area (Å²) in [5.41, 5.74) is 0. The molecular formula is C50H95O13P. The van der Waals surface area contributed by atoms with E-state index < -0.39 is 75.7 Å². The molecule has 0 bridgehead atoms. The van der Waals surface area contributed by atoms with Crippen molar-refractivity contribution in [2.24, 2.45) is 0 Å². The second-order valence-electron chi connectivity index (χ2n) is 18.4. The molecule has 0 saturated heterocycles. The molecule has 0 aromatic rings. The number of ether oxygens (including phenoxy) is 2. The van der Waals surface area contributed by atoms with Gasteiger partial charge >= 0.3 is 19.8 Å². The highest BCUT2D eigenvalue weighted by molar-refractivity contribution is 7.47. The van der Waals surface area contributed by atoms with Gasteiger partial charge in [0.2, 0.25) is 0 Å². The Morgan fingerprint density at radius 2 is 0.797 bits per heavy atom. The Balaban J connectivity index is 2.37. The zero-order valence-electron chi connectivity index (χ0n) is 40.3. The van der Waals surface area contributed by atoms with E-state index in [1.54, 1.807) is 0 Å². The van der Waals surface area contributed by atoms with Gasteiger partial charge in [0.1, 0.15) is 43.2 Å². The van der Waals surface area contributed by atoms with Crippen molar-refractivity contribution in [1.82, 2.24) is 0 Å². The normalized spacial score (nSPS) is 21.6. The average Bonchev–Trinajstić information content (AvgIpc) is 3.28. The van der Waals surface area contributed by atoms with Gasteiger partial charge in [0.15, 0.2) is 6.10 Å². The molecule has 1 aliphatic carbocycles. The van der Waals surface area contributed by atoms with Crippen LogP contribution in [-0.2, 0) is 32.7 Å². The Hall–Kier alpha value is -1.41. The molecule has 0 aliphatic heterocycles. The SMILES string of the molecule is CCCCCCCC/C=C/CCCCCCCC(=O)O[C@@H](COC(=O)CCCCCCCCCCCCCCCCCCCCCC)COP(=O)(O)OC1C(O)C(O)C(O)[C@H](O)C1O. The van der Waals surface area contributed by atoms with E-state index in [0.29, 0.717) is 12.8 Å². The third kappa shape index (κ3) is 32.3. The van der Waals surface area contributed by atoms with Gasteiger partial charge in [-0.05, 0) is 38.5 Å². The first-order chi connectivity index (χ1) is 30.9. The van der Waals surface area contributed by atoms with Crippen LogP contribution in [0.15, 0.2) is 12.2 Å². The minimum Gasteiger partial charge on any atom is -0.462 e. The lowest BCUT2D eigenvalue weighted by Crippen LogP contribution is -2.64. The maximum absolute atomic E-state index is 12.8. The Bertz CT molecular complexity index is 1170. The van der Waals surface area contributed by atoms with Crippen LogP contribution in [-0.4, -0.2) is 98.3 Å². The topological polar surface area (TPSA) is 210 Å². The molecule has 1 aliphatic rings. The van der Waals surface area contributed by atoms with Gasteiger partial charge in [-0.1, -0.05) is 199 Å². The lowest BCUT2D eigenvalue weighted by molar-refractivity contribution is -0.220. The number of hydrogen-bond acceptors (Lipinski definition) is 12. The molecule has 378 valence electrons. The first-order valence-corrected chi connectivity index (χ1v) is 27.5. The van der Waals surface area contributed by atoms with Crippen LogP contribution in [0.5, 0.6) is 0 Å². The molecule has 0 aromatic carbocycles. The van der Waals surface area contributed by atoms with E-state index in [2.05, 4.69) is 26.0 Å². The van der Waals surface area contributed by atoms with Crippen LogP contribution >= 0.6 is 7.82 Å². The van der Waals surface area contributed by atoms with Gasteiger partial charge in [0.05, 0.1) is 6.61 Å². The summed E-state index contributed by atoms with van der Waals surface area (Å²) in [6.07, 6.45) is 31.2. The van der Waals surface area contributed by atoms with Crippen LogP contribution in [0.3, 0.4) is 0 Å². The highest BCUT2D eigenvalue weighted by Gasteiger charge is 2.51. The monoisotopic (exact) mass is 935 g/mol. The number of phosphoric ester groups is 1. The summed E-state index contributed by atoms with van der Waals surface area (Å²) in [5, 5.41) is 50.2. The first kappa shape index (κ1) is 60.6. The first-order valence-electron chi connectivity index (χ1n) is 26.0. The van der Waals surface area contributed by atoms with Crippen molar-refractivity contribution < 1.29 is 63.1 Å². The van der Waals surface area contributed by atoms with Crippen LogP contribution < -0.4 is 0 Å². The fourth-order valence-electron chi connectivity index (χ4n) is 8.17. The van der Waals surface area contributed by atoms with E-state index in [-0.39, 0.29) is 12.8 Å². The number of phosphoric acid groups is 1. The van der Waals surface area contributed by atoms with Crippen LogP contribution in [0, 0.1) is 0 Å². The molecule has 1 saturated carbocycles. The molecule has 0 amide bonds. The van der Waals surface area contributed by atoms with Crippen molar-refractivity contribution in [3.8, 4) is 0 Å². The highest BCUT2D eigenvalue weighted by atomic mass is 31.2. The number of rotatable bonds is 44. The Morgan fingerprint density at radius 3 is 1.19 bits per heavy atom. The van der Waals surface area contributed by atoms with Gasteiger partial charge < -0.3 is 39.9 Å². The van der Waals surface area contributed by atoms with Crippen molar-refractivity contribution in [3.63, 3.8) is 0 Å². The van der Waals surface area contributed by atoms with E-state index in [1.165, 1.54) is 141 Å². The maximum Gasteiger partial charge on any atom is 0.472 e. The summed E-state index contributed by atoms with van der Waals surface area (Å²) in [5.74, 6) is -1.09. The van der Waals surface area contributed by atoms with E-state index in [1.807, 2.05) is 0 Å². The van der Waals surface area contributed by atoms with Crippen LogP contribution in [0.1, 0.15) is 239 Å². The fraction of sp³-hybridized carbons (Fsp3) is 0.920. The molecule has 8 atom stereocenters. The Kier molecular flexibility index (Phi) is 38.5. The summed E-state index contributed by atoms with van der Waals surface area (Å²) in [6, 6.07) is 0.